The summed E-state index contributed by atoms with van der Waals surface area (Å²) in [6.07, 6.45) is 2.54. The van der Waals surface area contributed by atoms with Gasteiger partial charge in [0.15, 0.2) is 0 Å². The lowest BCUT2D eigenvalue weighted by molar-refractivity contribution is -0.119. The Morgan fingerprint density at radius 2 is 1.92 bits per heavy atom. The van der Waals surface area contributed by atoms with E-state index in [9.17, 15) is 9.59 Å². The van der Waals surface area contributed by atoms with Gasteiger partial charge in [0.2, 0.25) is 5.91 Å². The average molecular weight is 337 g/mol. The Morgan fingerprint density at radius 3 is 2.60 bits per heavy atom. The van der Waals surface area contributed by atoms with Crippen LogP contribution in [0.15, 0.2) is 59.8 Å². The molecule has 0 saturated heterocycles. The van der Waals surface area contributed by atoms with Crippen molar-refractivity contribution < 1.29 is 9.59 Å². The fraction of sp³-hybridized carbons (Fsp3) is 0.222. The topological polar surface area (TPSA) is 101 Å². The number of amides is 2. The standard InChI is InChI=1S/C18H19N5O2/c19-17(24)16-12-15(22-23(16)14-7-2-1-3-8-14)18(25)21-11-9-13-6-4-5-10-20-13/h1-8,10,16H,9,11-12H2,(H2,19,24)(H,21,25). The maximum absolute atomic E-state index is 12.3. The van der Waals surface area contributed by atoms with Crippen molar-refractivity contribution in [2.45, 2.75) is 18.9 Å². The molecule has 1 unspecified atom stereocenters. The van der Waals surface area contributed by atoms with Crippen LogP contribution in [-0.2, 0) is 16.0 Å². The van der Waals surface area contributed by atoms with Crippen LogP contribution in [0.1, 0.15) is 12.1 Å². The number of anilines is 1. The highest BCUT2D eigenvalue weighted by atomic mass is 16.2. The van der Waals surface area contributed by atoms with Crippen LogP contribution in [-0.4, -0.2) is 35.1 Å². The maximum atomic E-state index is 12.3. The van der Waals surface area contributed by atoms with Crippen LogP contribution < -0.4 is 16.1 Å². The number of rotatable bonds is 6. The molecule has 0 bridgehead atoms. The van der Waals surface area contributed by atoms with Crippen LogP contribution in [0.4, 0.5) is 5.69 Å². The molecule has 2 aromatic rings. The summed E-state index contributed by atoms with van der Waals surface area (Å²) in [6.45, 7) is 0.446. The third kappa shape index (κ3) is 4.00. The number of primary amides is 1. The summed E-state index contributed by atoms with van der Waals surface area (Å²) in [7, 11) is 0. The second-order valence-electron chi connectivity index (χ2n) is 5.68. The Hall–Kier alpha value is -3.22. The first-order chi connectivity index (χ1) is 12.1. The second kappa shape index (κ2) is 7.57. The highest BCUT2D eigenvalue weighted by Crippen LogP contribution is 2.24. The van der Waals surface area contributed by atoms with E-state index in [0.717, 1.165) is 11.4 Å². The van der Waals surface area contributed by atoms with E-state index in [0.29, 0.717) is 18.7 Å². The number of carbonyl (C=O) groups is 2. The molecule has 1 atom stereocenters. The van der Waals surface area contributed by atoms with E-state index < -0.39 is 11.9 Å². The summed E-state index contributed by atoms with van der Waals surface area (Å²) in [5, 5.41) is 8.63. The van der Waals surface area contributed by atoms with E-state index >= 15 is 0 Å². The number of pyridine rings is 1. The first-order valence-electron chi connectivity index (χ1n) is 8.04. The molecule has 0 aliphatic carbocycles. The van der Waals surface area contributed by atoms with E-state index in [1.54, 1.807) is 6.20 Å². The van der Waals surface area contributed by atoms with Crippen LogP contribution in [0.2, 0.25) is 0 Å². The van der Waals surface area contributed by atoms with Crippen molar-refractivity contribution in [1.29, 1.82) is 0 Å². The molecule has 1 aromatic carbocycles. The minimum absolute atomic E-state index is 0.194. The van der Waals surface area contributed by atoms with Gasteiger partial charge in [0, 0.05) is 31.3 Å². The highest BCUT2D eigenvalue weighted by molar-refractivity contribution is 6.40. The number of hydrogen-bond acceptors (Lipinski definition) is 5. The molecule has 128 valence electrons. The van der Waals surface area contributed by atoms with E-state index in [1.165, 1.54) is 5.01 Å². The first kappa shape index (κ1) is 16.6. The van der Waals surface area contributed by atoms with Crippen LogP contribution in [0.25, 0.3) is 0 Å². The van der Waals surface area contributed by atoms with Crippen molar-refractivity contribution in [3.05, 3.63) is 60.4 Å². The normalized spacial score (nSPS) is 16.4. The monoisotopic (exact) mass is 337 g/mol. The molecule has 0 saturated carbocycles. The van der Waals surface area contributed by atoms with Gasteiger partial charge in [-0.05, 0) is 24.3 Å². The summed E-state index contributed by atoms with van der Waals surface area (Å²) in [5.74, 6) is -0.801. The number of para-hydroxylation sites is 1. The minimum Gasteiger partial charge on any atom is -0.368 e. The molecule has 7 nitrogen and oxygen atoms in total. The average Bonchev–Trinajstić information content (AvgIpc) is 3.09. The van der Waals surface area contributed by atoms with Gasteiger partial charge in [-0.1, -0.05) is 24.3 Å². The van der Waals surface area contributed by atoms with E-state index in [2.05, 4.69) is 15.4 Å². The molecule has 0 fully saturated rings. The zero-order valence-corrected chi connectivity index (χ0v) is 13.6. The van der Waals surface area contributed by atoms with Gasteiger partial charge in [-0.25, -0.2) is 0 Å². The van der Waals surface area contributed by atoms with E-state index in [4.69, 9.17) is 5.73 Å². The molecule has 25 heavy (non-hydrogen) atoms. The Morgan fingerprint density at radius 1 is 1.16 bits per heavy atom. The highest BCUT2D eigenvalue weighted by Gasteiger charge is 2.34. The zero-order chi connectivity index (χ0) is 17.6. The second-order valence-corrected chi connectivity index (χ2v) is 5.68. The molecule has 1 aliphatic heterocycles. The SMILES string of the molecule is NC(=O)C1CC(C(=O)NCCc2ccccn2)=NN1c1ccccc1. The predicted octanol–water partition coefficient (Wildman–Crippen LogP) is 0.861. The molecule has 3 N–H and O–H groups in total. The molecular formula is C18H19N5O2. The summed E-state index contributed by atoms with van der Waals surface area (Å²) >= 11 is 0. The van der Waals surface area contributed by atoms with Crippen LogP contribution in [0.3, 0.4) is 0 Å². The smallest absolute Gasteiger partial charge is 0.267 e. The lowest BCUT2D eigenvalue weighted by Gasteiger charge is -2.20. The van der Waals surface area contributed by atoms with Gasteiger partial charge in [0.1, 0.15) is 11.8 Å². The van der Waals surface area contributed by atoms with Crippen molar-refractivity contribution in [3.8, 4) is 0 Å². The zero-order valence-electron chi connectivity index (χ0n) is 13.6. The molecule has 1 aliphatic rings. The third-order valence-electron chi connectivity index (χ3n) is 3.91. The molecule has 3 rings (SSSR count). The van der Waals surface area contributed by atoms with Gasteiger partial charge in [-0.15, -0.1) is 0 Å². The van der Waals surface area contributed by atoms with Crippen molar-refractivity contribution in [3.63, 3.8) is 0 Å². The molecule has 0 spiro atoms. The number of aromatic nitrogens is 1. The number of hydrazone groups is 1. The first-order valence-corrected chi connectivity index (χ1v) is 8.04. The van der Waals surface area contributed by atoms with Crippen LogP contribution in [0.5, 0.6) is 0 Å². The molecule has 2 heterocycles. The maximum Gasteiger partial charge on any atom is 0.267 e. The van der Waals surface area contributed by atoms with Gasteiger partial charge in [0.05, 0.1) is 5.69 Å². The fourth-order valence-corrected chi connectivity index (χ4v) is 2.64. The van der Waals surface area contributed by atoms with Crippen LogP contribution >= 0.6 is 0 Å². The summed E-state index contributed by atoms with van der Waals surface area (Å²) in [5.41, 5.74) is 7.39. The largest absolute Gasteiger partial charge is 0.368 e. The van der Waals surface area contributed by atoms with Crippen LogP contribution in [0, 0.1) is 0 Å². The quantitative estimate of drug-likeness (QED) is 0.816. The van der Waals surface area contributed by atoms with Gasteiger partial charge < -0.3 is 11.1 Å². The molecule has 2 amide bonds. The molecular weight excluding hydrogens is 318 g/mol. The van der Waals surface area contributed by atoms with Gasteiger partial charge in [-0.2, -0.15) is 5.10 Å². The van der Waals surface area contributed by atoms with Crippen molar-refractivity contribution >= 4 is 23.2 Å². The Balaban J connectivity index is 1.65. The Labute approximate surface area is 145 Å². The summed E-state index contributed by atoms with van der Waals surface area (Å²) in [6, 6.07) is 14.2. The summed E-state index contributed by atoms with van der Waals surface area (Å²) in [4.78, 5) is 28.3. The van der Waals surface area contributed by atoms with Crippen molar-refractivity contribution in [2.24, 2.45) is 10.8 Å². The fourth-order valence-electron chi connectivity index (χ4n) is 2.64. The van der Waals surface area contributed by atoms with Crippen molar-refractivity contribution in [2.75, 3.05) is 11.6 Å². The molecule has 7 heteroatoms. The predicted molar refractivity (Wildman–Crippen MR) is 94.9 cm³/mol. The van der Waals surface area contributed by atoms with Gasteiger partial charge in [0.25, 0.3) is 5.91 Å². The Bertz CT molecular complexity index is 777. The number of hydrogen-bond donors (Lipinski definition) is 2. The number of nitrogens with zero attached hydrogens (tertiary/aromatic N) is 3. The number of nitrogens with two attached hydrogens (primary N) is 1. The van der Waals surface area contributed by atoms with Gasteiger partial charge in [-0.3, -0.25) is 19.6 Å². The Kier molecular flexibility index (Phi) is 5.03. The number of carbonyl (C=O) groups excluding carboxylic acids is 2. The van der Waals surface area contributed by atoms with Gasteiger partial charge >= 0.3 is 0 Å². The minimum atomic E-state index is -0.654. The molecule has 1 aromatic heterocycles. The lowest BCUT2D eigenvalue weighted by Crippen LogP contribution is -2.40. The van der Waals surface area contributed by atoms with E-state index in [1.807, 2.05) is 48.5 Å². The van der Waals surface area contributed by atoms with Crippen molar-refractivity contribution in [1.82, 2.24) is 10.3 Å². The summed E-state index contributed by atoms with van der Waals surface area (Å²) < 4.78 is 0. The number of benzene rings is 1. The number of nitrogens with one attached hydrogen (secondary N) is 1. The lowest BCUT2D eigenvalue weighted by atomic mass is 10.1. The van der Waals surface area contributed by atoms with E-state index in [-0.39, 0.29) is 12.3 Å². The third-order valence-corrected chi connectivity index (χ3v) is 3.91. The molecule has 0 radical (unpaired) electrons.